The van der Waals surface area contributed by atoms with Gasteiger partial charge < -0.3 is 10.2 Å². The van der Waals surface area contributed by atoms with Gasteiger partial charge in [-0.2, -0.15) is 0 Å². The number of rotatable bonds is 7. The van der Waals surface area contributed by atoms with Crippen LogP contribution >= 0.6 is 11.8 Å². The number of anilines is 1. The quantitative estimate of drug-likeness (QED) is 0.607. The third-order valence-electron chi connectivity index (χ3n) is 2.59. The largest absolute Gasteiger partial charge is 0.370 e. The smallest absolute Gasteiger partial charge is 0.133 e. The van der Waals surface area contributed by atoms with Crippen molar-refractivity contribution in [2.45, 2.75) is 32.2 Å². The Labute approximate surface area is 115 Å². The lowest BCUT2D eigenvalue weighted by Gasteiger charge is -2.13. The number of aromatic nitrogens is 2. The van der Waals surface area contributed by atoms with E-state index in [0.717, 1.165) is 47.5 Å². The third kappa shape index (κ3) is 4.46. The van der Waals surface area contributed by atoms with Gasteiger partial charge >= 0.3 is 0 Å². The summed E-state index contributed by atoms with van der Waals surface area (Å²) in [6.07, 6.45) is 0.875. The highest BCUT2D eigenvalue weighted by molar-refractivity contribution is 7.99. The molecule has 0 aliphatic carbocycles. The molecule has 102 valence electrons. The SMILES string of the molecule is CCNc1nc(CC)nc(SCCN(C)C)c1C. The molecule has 0 fully saturated rings. The minimum Gasteiger partial charge on any atom is -0.370 e. The Morgan fingerprint density at radius 1 is 1.22 bits per heavy atom. The molecule has 5 heteroatoms. The van der Waals surface area contributed by atoms with E-state index in [1.807, 2.05) is 11.8 Å². The molecule has 4 nitrogen and oxygen atoms in total. The van der Waals surface area contributed by atoms with Crippen molar-refractivity contribution in [1.29, 1.82) is 0 Å². The zero-order valence-electron chi connectivity index (χ0n) is 12.1. The van der Waals surface area contributed by atoms with E-state index in [9.17, 15) is 0 Å². The summed E-state index contributed by atoms with van der Waals surface area (Å²) in [5.41, 5.74) is 1.16. The van der Waals surface area contributed by atoms with Crippen molar-refractivity contribution < 1.29 is 0 Å². The molecule has 0 aliphatic heterocycles. The third-order valence-corrected chi connectivity index (χ3v) is 3.64. The van der Waals surface area contributed by atoms with Gasteiger partial charge in [-0.25, -0.2) is 9.97 Å². The summed E-state index contributed by atoms with van der Waals surface area (Å²) in [4.78, 5) is 11.4. The Kier molecular flexibility index (Phi) is 6.43. The van der Waals surface area contributed by atoms with E-state index in [2.05, 4.69) is 55.1 Å². The molecule has 0 saturated heterocycles. The lowest BCUT2D eigenvalue weighted by Crippen LogP contribution is -2.15. The molecule has 0 aliphatic rings. The molecule has 0 aromatic carbocycles. The first-order valence-electron chi connectivity index (χ1n) is 6.47. The van der Waals surface area contributed by atoms with Crippen molar-refractivity contribution in [3.63, 3.8) is 0 Å². The predicted octanol–water partition coefficient (Wildman–Crippen LogP) is 2.43. The summed E-state index contributed by atoms with van der Waals surface area (Å²) < 4.78 is 0. The van der Waals surface area contributed by atoms with Crippen molar-refractivity contribution in [3.05, 3.63) is 11.4 Å². The first-order chi connectivity index (χ1) is 8.58. The highest BCUT2D eigenvalue weighted by Gasteiger charge is 2.10. The standard InChI is InChI=1S/C13H24N4S/c1-6-11-15-12(14-7-2)10(3)13(16-11)18-9-8-17(4)5/h6-9H2,1-5H3,(H,14,15,16). The van der Waals surface area contributed by atoms with Gasteiger partial charge in [0.2, 0.25) is 0 Å². The van der Waals surface area contributed by atoms with Crippen LogP contribution in [0.4, 0.5) is 5.82 Å². The van der Waals surface area contributed by atoms with E-state index < -0.39 is 0 Å². The molecule has 0 bridgehead atoms. The van der Waals surface area contributed by atoms with E-state index in [1.165, 1.54) is 0 Å². The van der Waals surface area contributed by atoms with E-state index in [1.54, 1.807) is 0 Å². The normalized spacial score (nSPS) is 11.0. The number of nitrogens with zero attached hydrogens (tertiary/aromatic N) is 3. The zero-order chi connectivity index (χ0) is 13.5. The summed E-state index contributed by atoms with van der Waals surface area (Å²) >= 11 is 1.81. The van der Waals surface area contributed by atoms with Crippen LogP contribution in [-0.4, -0.2) is 47.8 Å². The van der Waals surface area contributed by atoms with Crippen LogP contribution in [0.3, 0.4) is 0 Å². The van der Waals surface area contributed by atoms with Gasteiger partial charge in [0.25, 0.3) is 0 Å². The van der Waals surface area contributed by atoms with E-state index in [-0.39, 0.29) is 0 Å². The Hall–Kier alpha value is -0.810. The van der Waals surface area contributed by atoms with Crippen LogP contribution in [0.5, 0.6) is 0 Å². The molecule has 0 spiro atoms. The fourth-order valence-corrected chi connectivity index (χ4v) is 2.64. The Morgan fingerprint density at radius 3 is 2.50 bits per heavy atom. The van der Waals surface area contributed by atoms with Crippen molar-refractivity contribution in [2.24, 2.45) is 0 Å². The average Bonchev–Trinajstić information content (AvgIpc) is 2.33. The average molecular weight is 268 g/mol. The van der Waals surface area contributed by atoms with Gasteiger partial charge in [-0.1, -0.05) is 6.92 Å². The number of aryl methyl sites for hydroxylation is 1. The number of hydrogen-bond acceptors (Lipinski definition) is 5. The first-order valence-corrected chi connectivity index (χ1v) is 7.45. The number of nitrogens with one attached hydrogen (secondary N) is 1. The lowest BCUT2D eigenvalue weighted by molar-refractivity contribution is 0.437. The second kappa shape index (κ2) is 7.59. The van der Waals surface area contributed by atoms with E-state index in [4.69, 9.17) is 0 Å². The number of hydrogen-bond donors (Lipinski definition) is 1. The maximum absolute atomic E-state index is 4.62. The summed E-state index contributed by atoms with van der Waals surface area (Å²) in [6, 6.07) is 0. The summed E-state index contributed by atoms with van der Waals surface area (Å²) in [7, 11) is 4.18. The molecular weight excluding hydrogens is 244 g/mol. The predicted molar refractivity (Wildman–Crippen MR) is 79.6 cm³/mol. The molecule has 0 saturated carbocycles. The second-order valence-corrected chi connectivity index (χ2v) is 5.54. The molecule has 0 amide bonds. The van der Waals surface area contributed by atoms with Crippen LogP contribution < -0.4 is 5.32 Å². The monoisotopic (exact) mass is 268 g/mol. The van der Waals surface area contributed by atoms with Crippen molar-refractivity contribution in [2.75, 3.05) is 38.3 Å². The highest BCUT2D eigenvalue weighted by Crippen LogP contribution is 2.25. The molecule has 0 atom stereocenters. The molecule has 1 heterocycles. The van der Waals surface area contributed by atoms with Crippen LogP contribution in [-0.2, 0) is 6.42 Å². The Morgan fingerprint density at radius 2 is 1.94 bits per heavy atom. The van der Waals surface area contributed by atoms with Gasteiger partial charge in [-0.3, -0.25) is 0 Å². The zero-order valence-corrected chi connectivity index (χ0v) is 12.9. The summed E-state index contributed by atoms with van der Waals surface area (Å²) in [5.74, 6) is 2.96. The van der Waals surface area contributed by atoms with Crippen LogP contribution in [0.2, 0.25) is 0 Å². The minimum atomic E-state index is 0.875. The maximum Gasteiger partial charge on any atom is 0.133 e. The van der Waals surface area contributed by atoms with Crippen LogP contribution in [0.25, 0.3) is 0 Å². The molecule has 1 N–H and O–H groups in total. The highest BCUT2D eigenvalue weighted by atomic mass is 32.2. The number of thioether (sulfide) groups is 1. The topological polar surface area (TPSA) is 41.1 Å². The maximum atomic E-state index is 4.62. The van der Waals surface area contributed by atoms with Crippen molar-refractivity contribution >= 4 is 17.6 Å². The molecule has 1 rings (SSSR count). The van der Waals surface area contributed by atoms with Crippen LogP contribution in [0.15, 0.2) is 5.03 Å². The molecule has 0 radical (unpaired) electrons. The van der Waals surface area contributed by atoms with E-state index >= 15 is 0 Å². The van der Waals surface area contributed by atoms with Gasteiger partial charge in [0, 0.05) is 30.8 Å². The van der Waals surface area contributed by atoms with Gasteiger partial charge in [0.15, 0.2) is 0 Å². The van der Waals surface area contributed by atoms with E-state index in [0.29, 0.717) is 0 Å². The van der Waals surface area contributed by atoms with Crippen molar-refractivity contribution in [3.8, 4) is 0 Å². The minimum absolute atomic E-state index is 0.875. The first kappa shape index (κ1) is 15.2. The van der Waals surface area contributed by atoms with Crippen LogP contribution in [0.1, 0.15) is 25.2 Å². The summed E-state index contributed by atoms with van der Waals surface area (Å²) in [5, 5.41) is 4.43. The fourth-order valence-electron chi connectivity index (χ4n) is 1.50. The molecule has 1 aromatic heterocycles. The van der Waals surface area contributed by atoms with Gasteiger partial charge in [-0.05, 0) is 27.9 Å². The van der Waals surface area contributed by atoms with Gasteiger partial charge in [0.05, 0.1) is 0 Å². The Bertz CT molecular complexity index is 379. The van der Waals surface area contributed by atoms with Gasteiger partial charge in [-0.15, -0.1) is 11.8 Å². The Balaban J connectivity index is 2.84. The van der Waals surface area contributed by atoms with Crippen molar-refractivity contribution in [1.82, 2.24) is 14.9 Å². The molecular formula is C13H24N4S. The van der Waals surface area contributed by atoms with Crippen LogP contribution in [0, 0.1) is 6.92 Å². The summed E-state index contributed by atoms with van der Waals surface area (Å²) in [6.45, 7) is 8.23. The molecule has 18 heavy (non-hydrogen) atoms. The second-order valence-electron chi connectivity index (χ2n) is 4.45. The molecule has 0 unspecified atom stereocenters. The fraction of sp³-hybridized carbons (Fsp3) is 0.692. The lowest BCUT2D eigenvalue weighted by atomic mass is 10.3. The van der Waals surface area contributed by atoms with Gasteiger partial charge in [0.1, 0.15) is 16.7 Å². The molecule has 1 aromatic rings.